The minimum Gasteiger partial charge on any atom is -0.350 e. The lowest BCUT2D eigenvalue weighted by atomic mass is 9.46. The van der Waals surface area contributed by atoms with Crippen molar-refractivity contribution >= 4 is 17.5 Å². The van der Waals surface area contributed by atoms with E-state index in [2.05, 4.69) is 20.4 Å². The molecule has 0 saturated heterocycles. The number of rotatable bonds is 4. The van der Waals surface area contributed by atoms with Crippen molar-refractivity contribution in [3.05, 3.63) is 41.7 Å². The van der Waals surface area contributed by atoms with E-state index in [0.717, 1.165) is 37.8 Å². The van der Waals surface area contributed by atoms with Gasteiger partial charge in [-0.15, -0.1) is 5.10 Å². The molecule has 2 aromatic rings. The molecule has 4 bridgehead atoms. The molecule has 0 radical (unpaired) electrons. The Morgan fingerprint density at radius 3 is 2.69 bits per heavy atom. The van der Waals surface area contributed by atoms with Gasteiger partial charge in [0.05, 0.1) is 23.2 Å². The van der Waals surface area contributed by atoms with Crippen molar-refractivity contribution in [1.82, 2.24) is 25.1 Å². The molecular weight excluding hydrogens is 350 g/mol. The Hall–Kier alpha value is -1.95. The van der Waals surface area contributed by atoms with Crippen molar-refractivity contribution < 1.29 is 4.79 Å². The first kappa shape index (κ1) is 16.2. The number of nitrogens with one attached hydrogen (secondary N) is 1. The van der Waals surface area contributed by atoms with Crippen LogP contribution in [0.15, 0.2) is 30.7 Å². The van der Waals surface area contributed by atoms with Crippen molar-refractivity contribution in [2.45, 2.75) is 50.6 Å². The molecule has 2 heterocycles. The van der Waals surface area contributed by atoms with Crippen molar-refractivity contribution in [3.8, 4) is 0 Å². The van der Waals surface area contributed by atoms with Gasteiger partial charge in [0.1, 0.15) is 6.33 Å². The van der Waals surface area contributed by atoms with E-state index in [9.17, 15) is 4.79 Å². The molecule has 0 aromatic carbocycles. The number of hydrogen-bond acceptors (Lipinski definition) is 4. The molecule has 2 aromatic heterocycles. The van der Waals surface area contributed by atoms with Crippen LogP contribution in [-0.4, -0.2) is 25.7 Å². The summed E-state index contributed by atoms with van der Waals surface area (Å²) < 4.78 is 1.95. The van der Waals surface area contributed by atoms with Crippen LogP contribution in [0.1, 0.15) is 44.2 Å². The largest absolute Gasteiger partial charge is 0.350 e. The fourth-order valence-electron chi connectivity index (χ4n) is 6.08. The number of hydrogen-bond donors (Lipinski definition) is 1. The predicted molar refractivity (Wildman–Crippen MR) is 96.2 cm³/mol. The smallest absolute Gasteiger partial charge is 0.242 e. The standard InChI is InChI=1S/C19H22ClN5O/c20-17-23-12-25(24-17)19-8-13-5-14(9-19)7-18(6-13,11-19)16(26)22-10-15-3-1-2-4-21-15/h1-4,12-14H,5-11H2,(H,22,26)/t13-,14-,18?,19?/m1/s1. The number of amides is 1. The maximum absolute atomic E-state index is 13.2. The fraction of sp³-hybridized carbons (Fsp3) is 0.579. The maximum Gasteiger partial charge on any atom is 0.242 e. The third kappa shape index (κ3) is 2.54. The highest BCUT2D eigenvalue weighted by molar-refractivity contribution is 6.28. The average Bonchev–Trinajstić information content (AvgIpc) is 3.07. The van der Waals surface area contributed by atoms with Gasteiger partial charge in [-0.3, -0.25) is 9.78 Å². The van der Waals surface area contributed by atoms with E-state index in [4.69, 9.17) is 11.6 Å². The Kier molecular flexibility index (Phi) is 3.61. The van der Waals surface area contributed by atoms with Gasteiger partial charge >= 0.3 is 0 Å². The van der Waals surface area contributed by atoms with Crippen LogP contribution in [0.4, 0.5) is 0 Å². The summed E-state index contributed by atoms with van der Waals surface area (Å²) in [5.74, 6) is 1.34. The summed E-state index contributed by atoms with van der Waals surface area (Å²) in [7, 11) is 0. The van der Waals surface area contributed by atoms with Crippen molar-refractivity contribution in [2.75, 3.05) is 0 Å². The molecule has 6 rings (SSSR count). The molecule has 0 unspecified atom stereocenters. The molecular formula is C19H22ClN5O. The highest BCUT2D eigenvalue weighted by Crippen LogP contribution is 2.64. The van der Waals surface area contributed by atoms with Gasteiger partial charge in [0, 0.05) is 6.20 Å². The van der Waals surface area contributed by atoms with Crippen molar-refractivity contribution in [1.29, 1.82) is 0 Å². The number of carbonyl (C=O) groups excluding carboxylic acids is 1. The maximum atomic E-state index is 13.2. The fourth-order valence-corrected chi connectivity index (χ4v) is 6.21. The minimum atomic E-state index is -0.294. The van der Waals surface area contributed by atoms with Gasteiger partial charge in [0.15, 0.2) is 0 Å². The molecule has 136 valence electrons. The van der Waals surface area contributed by atoms with Gasteiger partial charge < -0.3 is 5.32 Å². The van der Waals surface area contributed by atoms with E-state index in [1.54, 1.807) is 12.5 Å². The minimum absolute atomic E-state index is 0.105. The van der Waals surface area contributed by atoms with Gasteiger partial charge in [-0.2, -0.15) is 0 Å². The Labute approximate surface area is 157 Å². The monoisotopic (exact) mass is 371 g/mol. The van der Waals surface area contributed by atoms with E-state index in [1.807, 2.05) is 22.9 Å². The van der Waals surface area contributed by atoms with E-state index in [1.165, 1.54) is 6.42 Å². The quantitative estimate of drug-likeness (QED) is 0.896. The molecule has 4 saturated carbocycles. The molecule has 7 heteroatoms. The zero-order valence-corrected chi connectivity index (χ0v) is 15.3. The first-order chi connectivity index (χ1) is 12.6. The van der Waals surface area contributed by atoms with Crippen molar-refractivity contribution in [2.24, 2.45) is 17.3 Å². The summed E-state index contributed by atoms with van der Waals surface area (Å²) in [5.41, 5.74) is 0.493. The highest BCUT2D eigenvalue weighted by atomic mass is 35.5. The van der Waals surface area contributed by atoms with Crippen LogP contribution in [0.2, 0.25) is 5.28 Å². The Balaban J connectivity index is 1.40. The topological polar surface area (TPSA) is 72.7 Å². The molecule has 0 spiro atoms. The zero-order valence-electron chi connectivity index (χ0n) is 14.6. The normalized spacial score (nSPS) is 34.8. The molecule has 0 aliphatic heterocycles. The van der Waals surface area contributed by atoms with Crippen molar-refractivity contribution in [3.63, 3.8) is 0 Å². The zero-order chi connectivity index (χ0) is 17.8. The summed E-state index contributed by atoms with van der Waals surface area (Å²) in [6, 6.07) is 5.78. The first-order valence-corrected chi connectivity index (χ1v) is 9.71. The second-order valence-electron chi connectivity index (χ2n) is 8.43. The summed E-state index contributed by atoms with van der Waals surface area (Å²) in [6.45, 7) is 0.485. The van der Waals surface area contributed by atoms with Gasteiger partial charge in [-0.25, -0.2) is 9.67 Å². The number of pyridine rings is 1. The molecule has 26 heavy (non-hydrogen) atoms. The second kappa shape index (κ2) is 5.78. The van der Waals surface area contributed by atoms with E-state index < -0.39 is 0 Å². The van der Waals surface area contributed by atoms with Gasteiger partial charge in [0.25, 0.3) is 0 Å². The molecule has 6 nitrogen and oxygen atoms in total. The molecule has 4 aliphatic carbocycles. The number of nitrogens with zero attached hydrogens (tertiary/aromatic N) is 4. The van der Waals surface area contributed by atoms with Crippen LogP contribution in [0.5, 0.6) is 0 Å². The SMILES string of the molecule is O=C(NCc1ccccn1)C12C[C@H]3C[C@H](C1)CC(n1cnc(Cl)n1)(C3)C2. The number of aromatic nitrogens is 4. The number of halogens is 1. The first-order valence-electron chi connectivity index (χ1n) is 9.33. The lowest BCUT2D eigenvalue weighted by Crippen LogP contribution is -2.61. The molecule has 4 fully saturated rings. The van der Waals surface area contributed by atoms with Gasteiger partial charge in [-0.1, -0.05) is 6.07 Å². The van der Waals surface area contributed by atoms with Gasteiger partial charge in [-0.05, 0) is 74.1 Å². The van der Waals surface area contributed by atoms with Gasteiger partial charge in [0.2, 0.25) is 11.2 Å². The van der Waals surface area contributed by atoms with Crippen LogP contribution in [0.3, 0.4) is 0 Å². The van der Waals surface area contributed by atoms with Crippen LogP contribution in [0, 0.1) is 17.3 Å². The summed E-state index contributed by atoms with van der Waals surface area (Å²) in [5, 5.41) is 7.86. The lowest BCUT2D eigenvalue weighted by Gasteiger charge is -2.60. The average molecular weight is 372 g/mol. The highest BCUT2D eigenvalue weighted by Gasteiger charge is 2.61. The summed E-state index contributed by atoms with van der Waals surface area (Å²) in [6.07, 6.45) is 9.71. The predicted octanol–water partition coefficient (Wildman–Crippen LogP) is 2.94. The lowest BCUT2D eigenvalue weighted by molar-refractivity contribution is -0.156. The number of carbonyl (C=O) groups is 1. The third-order valence-electron chi connectivity index (χ3n) is 6.62. The Morgan fingerprint density at radius 2 is 2.04 bits per heavy atom. The third-order valence-corrected chi connectivity index (χ3v) is 6.79. The van der Waals surface area contributed by atoms with E-state index in [-0.39, 0.29) is 22.1 Å². The second-order valence-corrected chi connectivity index (χ2v) is 8.77. The van der Waals surface area contributed by atoms with Crippen LogP contribution < -0.4 is 5.32 Å². The van der Waals surface area contributed by atoms with Crippen LogP contribution in [-0.2, 0) is 16.9 Å². The molecule has 1 N–H and O–H groups in total. The molecule has 1 amide bonds. The Morgan fingerprint density at radius 1 is 1.23 bits per heavy atom. The van der Waals surface area contributed by atoms with E-state index in [0.29, 0.717) is 18.4 Å². The molecule has 4 aliphatic rings. The molecule has 2 atom stereocenters. The van der Waals surface area contributed by atoms with E-state index >= 15 is 0 Å². The van der Waals surface area contributed by atoms with Crippen LogP contribution >= 0.6 is 11.6 Å². The van der Waals surface area contributed by atoms with Crippen LogP contribution in [0.25, 0.3) is 0 Å². The summed E-state index contributed by atoms with van der Waals surface area (Å²) in [4.78, 5) is 21.7. The summed E-state index contributed by atoms with van der Waals surface area (Å²) >= 11 is 5.99. The Bertz CT molecular complexity index is 821.